The molecule has 2 aliphatic rings. The van der Waals surface area contributed by atoms with Gasteiger partial charge in [0.1, 0.15) is 0 Å². The maximum absolute atomic E-state index is 12.6. The molecule has 2 amide bonds. The van der Waals surface area contributed by atoms with Crippen LogP contribution >= 0.6 is 0 Å². The average Bonchev–Trinajstić information content (AvgIpc) is 2.51. The first-order valence-corrected chi connectivity index (χ1v) is 8.63. The van der Waals surface area contributed by atoms with Gasteiger partial charge in [-0.15, -0.1) is 0 Å². The third-order valence-electron chi connectivity index (χ3n) is 5.80. The molecule has 1 aromatic heterocycles. The fourth-order valence-electron chi connectivity index (χ4n) is 3.91. The normalized spacial score (nSPS) is 26.0. The summed E-state index contributed by atoms with van der Waals surface area (Å²) in [7, 11) is 1.85. The lowest BCUT2D eigenvalue weighted by molar-refractivity contribution is -0.169. The fourth-order valence-corrected chi connectivity index (χ4v) is 3.91. The van der Waals surface area contributed by atoms with E-state index in [9.17, 15) is 4.79 Å². The van der Waals surface area contributed by atoms with Crippen LogP contribution in [0.4, 0.5) is 4.79 Å². The van der Waals surface area contributed by atoms with Crippen LogP contribution in [0, 0.1) is 5.41 Å². The summed E-state index contributed by atoms with van der Waals surface area (Å²) < 4.78 is 5.85. The largest absolute Gasteiger partial charge is 0.378 e. The van der Waals surface area contributed by atoms with Crippen molar-refractivity contribution in [3.8, 4) is 0 Å². The van der Waals surface area contributed by atoms with Gasteiger partial charge in [-0.1, -0.05) is 12.5 Å². The summed E-state index contributed by atoms with van der Waals surface area (Å²) in [6, 6.07) is 4.16. The molecule has 1 spiro atoms. The first-order chi connectivity index (χ1) is 11.1. The molecule has 5 heteroatoms. The molecule has 1 heterocycles. The van der Waals surface area contributed by atoms with Crippen molar-refractivity contribution in [2.75, 3.05) is 13.7 Å². The SMILES string of the molecule is CCO[C@@H]1C[C@H](NC(=O)N(C)[C@H](C)c2cccnc2)C12CCC2. The van der Waals surface area contributed by atoms with Crippen molar-refractivity contribution in [3.63, 3.8) is 0 Å². The first-order valence-electron chi connectivity index (χ1n) is 8.63. The molecule has 1 aromatic rings. The van der Waals surface area contributed by atoms with Gasteiger partial charge in [0, 0.05) is 37.5 Å². The van der Waals surface area contributed by atoms with Gasteiger partial charge in [-0.3, -0.25) is 4.98 Å². The highest BCUT2D eigenvalue weighted by molar-refractivity contribution is 5.75. The Labute approximate surface area is 138 Å². The number of amides is 2. The number of urea groups is 1. The monoisotopic (exact) mass is 317 g/mol. The molecule has 3 atom stereocenters. The number of aromatic nitrogens is 1. The lowest BCUT2D eigenvalue weighted by Crippen LogP contribution is -2.68. The molecule has 0 unspecified atom stereocenters. The van der Waals surface area contributed by atoms with Crippen molar-refractivity contribution in [1.29, 1.82) is 0 Å². The Morgan fingerprint density at radius 2 is 2.35 bits per heavy atom. The molecule has 23 heavy (non-hydrogen) atoms. The van der Waals surface area contributed by atoms with E-state index >= 15 is 0 Å². The van der Waals surface area contributed by atoms with Crippen molar-refractivity contribution in [2.45, 2.75) is 57.7 Å². The number of nitrogens with zero attached hydrogens (tertiary/aromatic N) is 2. The number of carbonyl (C=O) groups is 1. The van der Waals surface area contributed by atoms with E-state index in [-0.39, 0.29) is 23.5 Å². The van der Waals surface area contributed by atoms with Crippen molar-refractivity contribution >= 4 is 6.03 Å². The Kier molecular flexibility index (Phi) is 4.57. The summed E-state index contributed by atoms with van der Waals surface area (Å²) >= 11 is 0. The topological polar surface area (TPSA) is 54.5 Å². The maximum atomic E-state index is 12.6. The smallest absolute Gasteiger partial charge is 0.317 e. The minimum Gasteiger partial charge on any atom is -0.378 e. The minimum atomic E-state index is -0.00687. The predicted molar refractivity (Wildman–Crippen MR) is 89.0 cm³/mol. The molecule has 1 N–H and O–H groups in total. The predicted octanol–water partition coefficient (Wildman–Crippen LogP) is 3.13. The minimum absolute atomic E-state index is 0.00352. The zero-order chi connectivity index (χ0) is 16.4. The molecule has 0 saturated heterocycles. The van der Waals surface area contributed by atoms with Crippen molar-refractivity contribution < 1.29 is 9.53 Å². The Bertz CT molecular complexity index is 544. The van der Waals surface area contributed by atoms with Crippen LogP contribution in [0.15, 0.2) is 24.5 Å². The number of hydrogen-bond acceptors (Lipinski definition) is 3. The molecule has 0 radical (unpaired) electrons. The van der Waals surface area contributed by atoms with E-state index in [0.29, 0.717) is 6.10 Å². The highest BCUT2D eigenvalue weighted by Crippen LogP contribution is 2.57. The number of pyridine rings is 1. The maximum Gasteiger partial charge on any atom is 0.317 e. The van der Waals surface area contributed by atoms with Gasteiger partial charge in [-0.2, -0.15) is 0 Å². The van der Waals surface area contributed by atoms with E-state index in [1.165, 1.54) is 19.3 Å². The average molecular weight is 317 g/mol. The van der Waals surface area contributed by atoms with Crippen LogP contribution in [0.2, 0.25) is 0 Å². The van der Waals surface area contributed by atoms with Crippen LogP contribution in [-0.2, 0) is 4.74 Å². The number of carbonyl (C=O) groups excluding carboxylic acids is 1. The molecule has 0 aromatic carbocycles. The first kappa shape index (κ1) is 16.2. The lowest BCUT2D eigenvalue weighted by atomic mass is 9.51. The zero-order valence-corrected chi connectivity index (χ0v) is 14.3. The zero-order valence-electron chi connectivity index (χ0n) is 14.3. The molecule has 5 nitrogen and oxygen atoms in total. The molecule has 2 fully saturated rings. The second-order valence-electron chi connectivity index (χ2n) is 6.84. The van der Waals surface area contributed by atoms with E-state index in [0.717, 1.165) is 18.6 Å². The van der Waals surface area contributed by atoms with E-state index in [2.05, 4.69) is 10.3 Å². The molecule has 3 rings (SSSR count). The van der Waals surface area contributed by atoms with Gasteiger partial charge in [0.15, 0.2) is 0 Å². The van der Waals surface area contributed by atoms with Crippen LogP contribution in [0.25, 0.3) is 0 Å². The third-order valence-corrected chi connectivity index (χ3v) is 5.80. The van der Waals surface area contributed by atoms with Crippen LogP contribution in [0.3, 0.4) is 0 Å². The van der Waals surface area contributed by atoms with Gasteiger partial charge in [-0.05, 0) is 44.7 Å². The van der Waals surface area contributed by atoms with E-state index in [4.69, 9.17) is 4.74 Å². The molecule has 0 bridgehead atoms. The summed E-state index contributed by atoms with van der Waals surface area (Å²) in [5.41, 5.74) is 1.24. The number of ether oxygens (including phenoxy) is 1. The Balaban J connectivity index is 1.59. The van der Waals surface area contributed by atoms with Crippen molar-refractivity contribution in [2.24, 2.45) is 5.41 Å². The van der Waals surface area contributed by atoms with Crippen molar-refractivity contribution in [1.82, 2.24) is 15.2 Å². The highest BCUT2D eigenvalue weighted by atomic mass is 16.5. The quantitative estimate of drug-likeness (QED) is 0.908. The van der Waals surface area contributed by atoms with Gasteiger partial charge in [0.05, 0.1) is 12.1 Å². The van der Waals surface area contributed by atoms with Crippen LogP contribution in [0.5, 0.6) is 0 Å². The standard InChI is InChI=1S/C18H27N3O2/c1-4-23-16-11-15(18(16)8-6-9-18)20-17(22)21(3)13(2)14-7-5-10-19-12-14/h5,7,10,12-13,15-16H,4,6,8-9,11H2,1-3H3,(H,20,22)/t13-,15+,16-/m1/s1. The molecule has 2 aliphatic carbocycles. The molecule has 0 aliphatic heterocycles. The highest BCUT2D eigenvalue weighted by Gasteiger charge is 2.59. The fraction of sp³-hybridized carbons (Fsp3) is 0.667. The van der Waals surface area contributed by atoms with Gasteiger partial charge in [0.25, 0.3) is 0 Å². The molecule has 126 valence electrons. The summed E-state index contributed by atoms with van der Waals surface area (Å²) in [5, 5.41) is 3.23. The molecular formula is C18H27N3O2. The van der Waals surface area contributed by atoms with Gasteiger partial charge < -0.3 is 15.0 Å². The second-order valence-corrected chi connectivity index (χ2v) is 6.84. The summed E-state index contributed by atoms with van der Waals surface area (Å²) in [5.74, 6) is 0. The summed E-state index contributed by atoms with van der Waals surface area (Å²) in [4.78, 5) is 18.5. The number of hydrogen-bond donors (Lipinski definition) is 1. The number of nitrogens with one attached hydrogen (secondary N) is 1. The Morgan fingerprint density at radius 3 is 2.91 bits per heavy atom. The van der Waals surface area contributed by atoms with Gasteiger partial charge in [-0.25, -0.2) is 4.79 Å². The van der Waals surface area contributed by atoms with Gasteiger partial charge in [0.2, 0.25) is 0 Å². The van der Waals surface area contributed by atoms with E-state index in [1.807, 2.05) is 39.2 Å². The summed E-state index contributed by atoms with van der Waals surface area (Å²) in [6.07, 6.45) is 8.42. The Morgan fingerprint density at radius 1 is 1.57 bits per heavy atom. The number of rotatable bonds is 5. The van der Waals surface area contributed by atoms with E-state index in [1.54, 1.807) is 11.1 Å². The summed E-state index contributed by atoms with van der Waals surface area (Å²) in [6.45, 7) is 4.83. The molecule has 2 saturated carbocycles. The van der Waals surface area contributed by atoms with Crippen LogP contribution in [-0.4, -0.2) is 41.7 Å². The van der Waals surface area contributed by atoms with Crippen LogP contribution < -0.4 is 5.32 Å². The van der Waals surface area contributed by atoms with Gasteiger partial charge >= 0.3 is 6.03 Å². The third kappa shape index (κ3) is 2.82. The van der Waals surface area contributed by atoms with Crippen LogP contribution in [0.1, 0.15) is 51.1 Å². The lowest BCUT2D eigenvalue weighted by Gasteiger charge is -2.61. The molecular weight excluding hydrogens is 290 g/mol. The van der Waals surface area contributed by atoms with Crippen molar-refractivity contribution in [3.05, 3.63) is 30.1 Å². The second kappa shape index (κ2) is 6.48. The Hall–Kier alpha value is -1.62. The van der Waals surface area contributed by atoms with E-state index < -0.39 is 0 Å².